The van der Waals surface area contributed by atoms with E-state index in [1.54, 1.807) is 25.3 Å². The number of nitrogens with zero attached hydrogens (tertiary/aromatic N) is 4. The number of aromatic nitrogens is 4. The molecular weight excluding hydrogens is 385 g/mol. The Morgan fingerprint density at radius 1 is 1.04 bits per heavy atom. The molecule has 27 heavy (non-hydrogen) atoms. The number of pyridine rings is 1. The van der Waals surface area contributed by atoms with Crippen LogP contribution in [0.15, 0.2) is 48.7 Å². The van der Waals surface area contributed by atoms with Crippen molar-refractivity contribution in [2.45, 2.75) is 6.92 Å². The maximum atomic E-state index is 13.1. The maximum Gasteiger partial charge on any atom is 0.269 e. The summed E-state index contributed by atoms with van der Waals surface area (Å²) in [5.74, 6) is -0.618. The van der Waals surface area contributed by atoms with Crippen LogP contribution in [-0.4, -0.2) is 26.1 Å². The zero-order chi connectivity index (χ0) is 18.8. The molecule has 0 aliphatic rings. The van der Waals surface area contributed by atoms with Gasteiger partial charge >= 0.3 is 0 Å². The van der Waals surface area contributed by atoms with E-state index in [1.807, 2.05) is 18.2 Å². The SMILES string of the molecule is Cc1nc(-c2ccc(F)cc2)sc1C(=O)Nc1nnc(-c2ccccn2)s1. The van der Waals surface area contributed by atoms with Crippen molar-refractivity contribution in [1.82, 2.24) is 20.2 Å². The summed E-state index contributed by atoms with van der Waals surface area (Å²) >= 11 is 2.49. The lowest BCUT2D eigenvalue weighted by Crippen LogP contribution is -2.11. The number of anilines is 1. The molecule has 134 valence electrons. The van der Waals surface area contributed by atoms with Gasteiger partial charge in [0, 0.05) is 11.8 Å². The van der Waals surface area contributed by atoms with E-state index in [1.165, 1.54) is 34.8 Å². The number of nitrogens with one attached hydrogen (secondary N) is 1. The van der Waals surface area contributed by atoms with Crippen LogP contribution in [0.5, 0.6) is 0 Å². The van der Waals surface area contributed by atoms with Gasteiger partial charge < -0.3 is 0 Å². The molecule has 1 aromatic carbocycles. The molecule has 3 aromatic heterocycles. The van der Waals surface area contributed by atoms with Crippen molar-refractivity contribution < 1.29 is 9.18 Å². The summed E-state index contributed by atoms with van der Waals surface area (Å²) in [6.45, 7) is 1.76. The number of hydrogen-bond donors (Lipinski definition) is 1. The molecule has 0 atom stereocenters. The summed E-state index contributed by atoms with van der Waals surface area (Å²) in [4.78, 5) is 21.7. The highest BCUT2D eigenvalue weighted by Gasteiger charge is 2.18. The van der Waals surface area contributed by atoms with E-state index in [0.717, 1.165) is 5.56 Å². The largest absolute Gasteiger partial charge is 0.296 e. The number of thiazole rings is 1. The van der Waals surface area contributed by atoms with Gasteiger partial charge in [-0.25, -0.2) is 9.37 Å². The van der Waals surface area contributed by atoms with Gasteiger partial charge in [-0.2, -0.15) is 0 Å². The van der Waals surface area contributed by atoms with Gasteiger partial charge in [0.05, 0.1) is 5.69 Å². The molecule has 1 amide bonds. The number of amides is 1. The first-order chi connectivity index (χ1) is 13.1. The second-order valence-corrected chi connectivity index (χ2v) is 7.50. The van der Waals surface area contributed by atoms with Crippen molar-refractivity contribution in [3.05, 3.63) is 65.0 Å². The molecular formula is C18H12FN5OS2. The molecule has 4 aromatic rings. The van der Waals surface area contributed by atoms with E-state index in [2.05, 4.69) is 25.5 Å². The number of rotatable bonds is 4. The second-order valence-electron chi connectivity index (χ2n) is 5.52. The van der Waals surface area contributed by atoms with Crippen LogP contribution in [0, 0.1) is 12.7 Å². The number of benzene rings is 1. The van der Waals surface area contributed by atoms with Crippen LogP contribution in [0.3, 0.4) is 0 Å². The van der Waals surface area contributed by atoms with Crippen LogP contribution in [0.4, 0.5) is 9.52 Å². The molecule has 6 nitrogen and oxygen atoms in total. The monoisotopic (exact) mass is 397 g/mol. The number of hydrogen-bond acceptors (Lipinski definition) is 7. The Morgan fingerprint density at radius 3 is 2.59 bits per heavy atom. The fraction of sp³-hybridized carbons (Fsp3) is 0.0556. The lowest BCUT2D eigenvalue weighted by atomic mass is 10.2. The summed E-state index contributed by atoms with van der Waals surface area (Å²) < 4.78 is 13.1. The first-order valence-corrected chi connectivity index (χ1v) is 9.53. The molecule has 0 saturated carbocycles. The molecule has 0 saturated heterocycles. The van der Waals surface area contributed by atoms with E-state index >= 15 is 0 Å². The van der Waals surface area contributed by atoms with Crippen LogP contribution in [-0.2, 0) is 0 Å². The van der Waals surface area contributed by atoms with Crippen LogP contribution >= 0.6 is 22.7 Å². The van der Waals surface area contributed by atoms with Crippen molar-refractivity contribution in [2.24, 2.45) is 0 Å². The summed E-state index contributed by atoms with van der Waals surface area (Å²) in [5.41, 5.74) is 2.06. The highest BCUT2D eigenvalue weighted by molar-refractivity contribution is 7.19. The van der Waals surface area contributed by atoms with Crippen LogP contribution in [0.1, 0.15) is 15.4 Å². The third kappa shape index (κ3) is 3.74. The molecule has 1 N–H and O–H groups in total. The van der Waals surface area contributed by atoms with Crippen molar-refractivity contribution in [3.8, 4) is 21.3 Å². The van der Waals surface area contributed by atoms with Gasteiger partial charge in [-0.3, -0.25) is 15.1 Å². The van der Waals surface area contributed by atoms with E-state index < -0.39 is 0 Å². The Kier molecular flexibility index (Phi) is 4.69. The van der Waals surface area contributed by atoms with Crippen molar-refractivity contribution in [1.29, 1.82) is 0 Å². The van der Waals surface area contributed by atoms with Crippen molar-refractivity contribution in [3.63, 3.8) is 0 Å². The van der Waals surface area contributed by atoms with Crippen LogP contribution < -0.4 is 5.32 Å². The Labute approximate surface area is 161 Å². The molecule has 0 aliphatic heterocycles. The zero-order valence-electron chi connectivity index (χ0n) is 14.0. The van der Waals surface area contributed by atoms with E-state index in [-0.39, 0.29) is 11.7 Å². The zero-order valence-corrected chi connectivity index (χ0v) is 15.6. The normalized spacial score (nSPS) is 10.7. The summed E-state index contributed by atoms with van der Waals surface area (Å²) in [7, 11) is 0. The summed E-state index contributed by atoms with van der Waals surface area (Å²) in [6, 6.07) is 11.5. The van der Waals surface area contributed by atoms with E-state index in [4.69, 9.17) is 0 Å². The standard InChI is InChI=1S/C18H12FN5OS2/c1-10-14(26-16(21-10)11-5-7-12(19)8-6-11)15(25)22-18-24-23-17(27-18)13-4-2-3-9-20-13/h2-9H,1H3,(H,22,24,25). The molecule has 4 rings (SSSR count). The van der Waals surface area contributed by atoms with Crippen molar-refractivity contribution in [2.75, 3.05) is 5.32 Å². The predicted molar refractivity (Wildman–Crippen MR) is 103 cm³/mol. The van der Waals surface area contributed by atoms with Gasteiger partial charge in [-0.1, -0.05) is 17.4 Å². The lowest BCUT2D eigenvalue weighted by molar-refractivity contribution is 0.102. The molecule has 9 heteroatoms. The van der Waals surface area contributed by atoms with Crippen LogP contribution in [0.2, 0.25) is 0 Å². The number of halogens is 1. The quantitative estimate of drug-likeness (QED) is 0.551. The Hall–Kier alpha value is -3.04. The van der Waals surface area contributed by atoms with Crippen molar-refractivity contribution >= 4 is 33.7 Å². The lowest BCUT2D eigenvalue weighted by Gasteiger charge is -1.98. The van der Waals surface area contributed by atoms with Gasteiger partial charge in [0.25, 0.3) is 5.91 Å². The highest BCUT2D eigenvalue weighted by atomic mass is 32.1. The Balaban J connectivity index is 1.54. The van der Waals surface area contributed by atoms with Gasteiger partial charge in [-0.05, 0) is 43.3 Å². The molecule has 0 fully saturated rings. The highest BCUT2D eigenvalue weighted by Crippen LogP contribution is 2.30. The van der Waals surface area contributed by atoms with Gasteiger partial charge in [0.15, 0.2) is 5.01 Å². The van der Waals surface area contributed by atoms with E-state index in [9.17, 15) is 9.18 Å². The first-order valence-electron chi connectivity index (χ1n) is 7.90. The molecule has 0 spiro atoms. The minimum Gasteiger partial charge on any atom is -0.296 e. The van der Waals surface area contributed by atoms with Gasteiger partial charge in [-0.15, -0.1) is 21.5 Å². The molecule has 0 bridgehead atoms. The Bertz CT molecular complexity index is 1090. The second kappa shape index (κ2) is 7.29. The van der Waals surface area contributed by atoms with E-state index in [0.29, 0.717) is 31.4 Å². The summed E-state index contributed by atoms with van der Waals surface area (Å²) in [6.07, 6.45) is 1.67. The smallest absolute Gasteiger partial charge is 0.269 e. The molecule has 0 radical (unpaired) electrons. The average Bonchev–Trinajstić information content (AvgIpc) is 3.30. The first kappa shape index (κ1) is 17.4. The minimum absolute atomic E-state index is 0.304. The third-order valence-corrected chi connectivity index (χ3v) is 5.69. The molecule has 0 unspecified atom stereocenters. The molecule has 3 heterocycles. The molecule has 0 aliphatic carbocycles. The maximum absolute atomic E-state index is 13.1. The average molecular weight is 397 g/mol. The summed E-state index contributed by atoms with van der Waals surface area (Å²) in [5, 5.41) is 12.5. The van der Waals surface area contributed by atoms with Gasteiger partial charge in [0.1, 0.15) is 21.4 Å². The topological polar surface area (TPSA) is 80.7 Å². The third-order valence-electron chi connectivity index (χ3n) is 3.62. The minimum atomic E-state index is -0.315. The fourth-order valence-corrected chi connectivity index (χ4v) is 4.03. The predicted octanol–water partition coefficient (Wildman–Crippen LogP) is 4.42. The number of carbonyl (C=O) groups is 1. The number of carbonyl (C=O) groups excluding carboxylic acids is 1. The Morgan fingerprint density at radius 2 is 1.85 bits per heavy atom. The van der Waals surface area contributed by atoms with Gasteiger partial charge in [0.2, 0.25) is 5.13 Å². The number of aryl methyl sites for hydroxylation is 1. The fourth-order valence-electron chi connectivity index (χ4n) is 2.34. The van der Waals surface area contributed by atoms with Crippen LogP contribution in [0.25, 0.3) is 21.3 Å².